The van der Waals surface area contributed by atoms with E-state index < -0.39 is 0 Å². The second kappa shape index (κ2) is 12.6. The fourth-order valence-corrected chi connectivity index (χ4v) is 9.73. The van der Waals surface area contributed by atoms with Gasteiger partial charge in [0.2, 0.25) is 0 Å². The number of benzene rings is 8. The third-order valence-electron chi connectivity index (χ3n) is 11.2. The van der Waals surface area contributed by atoms with Crippen molar-refractivity contribution in [1.82, 2.24) is 9.97 Å². The summed E-state index contributed by atoms with van der Waals surface area (Å²) in [5.74, 6) is 0. The van der Waals surface area contributed by atoms with E-state index in [9.17, 15) is 0 Å². The van der Waals surface area contributed by atoms with E-state index in [2.05, 4.69) is 152 Å². The molecule has 4 nitrogen and oxygen atoms in total. The van der Waals surface area contributed by atoms with Gasteiger partial charge in [-0.2, -0.15) is 0 Å². The first-order chi connectivity index (χ1) is 28.2. The third kappa shape index (κ3) is 5.13. The van der Waals surface area contributed by atoms with E-state index in [4.69, 9.17) is 18.8 Å². The van der Waals surface area contributed by atoms with Crippen LogP contribution in [0.3, 0.4) is 0 Å². The SMILES string of the molecule is c1cc(-c2cccc(-c3ncnc4c3oc3ccc(-c5cccc6c5oc5ccccc56)cc34)c2)cc(-c2cccc(-c3cccc4c3sc3ccccc34)c2)c1. The highest BCUT2D eigenvalue weighted by Gasteiger charge is 2.18. The Morgan fingerprint density at radius 2 is 0.947 bits per heavy atom. The van der Waals surface area contributed by atoms with E-state index in [1.807, 2.05) is 35.6 Å². The van der Waals surface area contributed by atoms with Gasteiger partial charge in [-0.25, -0.2) is 9.97 Å². The molecule has 0 aliphatic carbocycles. The van der Waals surface area contributed by atoms with Crippen LogP contribution < -0.4 is 0 Å². The minimum absolute atomic E-state index is 0.669. The monoisotopic (exact) mass is 746 g/mol. The summed E-state index contributed by atoms with van der Waals surface area (Å²) in [6.45, 7) is 0. The van der Waals surface area contributed by atoms with Crippen LogP contribution in [0.4, 0.5) is 0 Å². The van der Waals surface area contributed by atoms with Gasteiger partial charge in [-0.1, -0.05) is 133 Å². The van der Waals surface area contributed by atoms with Gasteiger partial charge in [-0.05, 0) is 81.4 Å². The molecule has 0 radical (unpaired) electrons. The summed E-state index contributed by atoms with van der Waals surface area (Å²) >= 11 is 1.87. The highest BCUT2D eigenvalue weighted by Crippen LogP contribution is 2.42. The minimum atomic E-state index is 0.669. The molecule has 8 aromatic carbocycles. The van der Waals surface area contributed by atoms with E-state index in [0.717, 1.165) is 71.9 Å². The molecular weight excluding hydrogens is 717 g/mol. The van der Waals surface area contributed by atoms with Crippen LogP contribution in [0.1, 0.15) is 0 Å². The molecule has 12 rings (SSSR count). The Bertz CT molecular complexity index is 3550. The van der Waals surface area contributed by atoms with E-state index in [1.54, 1.807) is 6.33 Å². The molecule has 57 heavy (non-hydrogen) atoms. The Morgan fingerprint density at radius 1 is 0.368 bits per heavy atom. The molecular formula is C52H30N2O2S. The largest absolute Gasteiger partial charge is 0.455 e. The molecule has 0 unspecified atom stereocenters. The first-order valence-electron chi connectivity index (χ1n) is 19.0. The molecule has 0 saturated heterocycles. The lowest BCUT2D eigenvalue weighted by Crippen LogP contribution is -1.88. The van der Waals surface area contributed by atoms with Crippen molar-refractivity contribution in [2.24, 2.45) is 0 Å². The van der Waals surface area contributed by atoms with Crippen molar-refractivity contribution in [3.8, 4) is 55.8 Å². The number of hydrogen-bond donors (Lipinski definition) is 0. The van der Waals surface area contributed by atoms with Crippen LogP contribution in [0.2, 0.25) is 0 Å². The zero-order valence-corrected chi connectivity index (χ0v) is 31.3. The molecule has 0 fully saturated rings. The van der Waals surface area contributed by atoms with E-state index in [0.29, 0.717) is 5.58 Å². The fraction of sp³-hybridized carbons (Fsp3) is 0. The van der Waals surface area contributed by atoms with Crippen LogP contribution in [0.5, 0.6) is 0 Å². The molecule has 0 atom stereocenters. The number of thiophene rings is 1. The number of para-hydroxylation sites is 2. The van der Waals surface area contributed by atoms with Gasteiger partial charge in [-0.15, -0.1) is 11.3 Å². The number of hydrogen-bond acceptors (Lipinski definition) is 5. The molecule has 0 spiro atoms. The van der Waals surface area contributed by atoms with Crippen molar-refractivity contribution >= 4 is 75.5 Å². The van der Waals surface area contributed by atoms with Gasteiger partial charge in [0.1, 0.15) is 34.3 Å². The number of fused-ring (bicyclic) bond motifs is 9. The van der Waals surface area contributed by atoms with Gasteiger partial charge in [0.15, 0.2) is 5.58 Å². The topological polar surface area (TPSA) is 52.1 Å². The molecule has 0 N–H and O–H groups in total. The maximum atomic E-state index is 6.53. The lowest BCUT2D eigenvalue weighted by atomic mass is 9.95. The Hall–Kier alpha value is -7.34. The van der Waals surface area contributed by atoms with Gasteiger partial charge < -0.3 is 8.83 Å². The summed E-state index contributed by atoms with van der Waals surface area (Å²) < 4.78 is 15.5. The number of furan rings is 2. The van der Waals surface area contributed by atoms with Crippen molar-refractivity contribution in [3.63, 3.8) is 0 Å². The fourth-order valence-electron chi connectivity index (χ4n) is 8.49. The lowest BCUT2D eigenvalue weighted by Gasteiger charge is -2.10. The molecule has 0 saturated carbocycles. The van der Waals surface area contributed by atoms with Crippen molar-refractivity contribution in [2.75, 3.05) is 0 Å². The molecule has 0 bridgehead atoms. The first-order valence-corrected chi connectivity index (χ1v) is 19.8. The third-order valence-corrected chi connectivity index (χ3v) is 12.4. The van der Waals surface area contributed by atoms with Crippen molar-refractivity contribution in [3.05, 3.63) is 182 Å². The quantitative estimate of drug-likeness (QED) is 0.176. The number of nitrogens with zero attached hydrogens (tertiary/aromatic N) is 2. The van der Waals surface area contributed by atoms with Crippen LogP contribution in [0, 0.1) is 0 Å². The summed E-state index contributed by atoms with van der Waals surface area (Å²) in [5.41, 5.74) is 14.8. The molecule has 266 valence electrons. The number of aromatic nitrogens is 2. The predicted octanol–water partition coefficient (Wildman–Crippen LogP) is 15.0. The van der Waals surface area contributed by atoms with Crippen LogP contribution >= 0.6 is 11.3 Å². The Balaban J connectivity index is 0.906. The molecule has 5 heteroatoms. The zero-order valence-electron chi connectivity index (χ0n) is 30.4. The predicted molar refractivity (Wildman–Crippen MR) is 237 cm³/mol. The van der Waals surface area contributed by atoms with E-state index >= 15 is 0 Å². The van der Waals surface area contributed by atoms with Gasteiger partial charge in [-0.3, -0.25) is 0 Å². The summed E-state index contributed by atoms with van der Waals surface area (Å²) in [4.78, 5) is 9.52. The van der Waals surface area contributed by atoms with Crippen molar-refractivity contribution in [1.29, 1.82) is 0 Å². The summed E-state index contributed by atoms with van der Waals surface area (Å²) in [7, 11) is 0. The van der Waals surface area contributed by atoms with E-state index in [1.165, 1.54) is 42.4 Å². The first kappa shape index (κ1) is 32.0. The van der Waals surface area contributed by atoms with Crippen LogP contribution in [-0.2, 0) is 0 Å². The van der Waals surface area contributed by atoms with Gasteiger partial charge in [0, 0.05) is 47.5 Å². The molecule has 4 heterocycles. The smallest absolute Gasteiger partial charge is 0.180 e. The molecule has 12 aromatic rings. The van der Waals surface area contributed by atoms with Gasteiger partial charge >= 0.3 is 0 Å². The maximum absolute atomic E-state index is 6.53. The van der Waals surface area contributed by atoms with Crippen LogP contribution in [0.25, 0.3) is 120 Å². The summed E-state index contributed by atoms with van der Waals surface area (Å²) in [6, 6.07) is 62.3. The van der Waals surface area contributed by atoms with Gasteiger partial charge in [0.05, 0.1) is 0 Å². The number of rotatable bonds is 5. The minimum Gasteiger partial charge on any atom is -0.455 e. The Labute approximate surface area is 330 Å². The van der Waals surface area contributed by atoms with Crippen molar-refractivity contribution < 1.29 is 8.83 Å². The Kier molecular flexibility index (Phi) is 7.06. The second-order valence-corrected chi connectivity index (χ2v) is 15.6. The molecule has 4 aromatic heterocycles. The van der Waals surface area contributed by atoms with Crippen LogP contribution in [0.15, 0.2) is 191 Å². The van der Waals surface area contributed by atoms with Gasteiger partial charge in [0.25, 0.3) is 0 Å². The normalized spacial score (nSPS) is 11.9. The second-order valence-electron chi connectivity index (χ2n) is 14.5. The maximum Gasteiger partial charge on any atom is 0.180 e. The standard InChI is InChI=1S/C52H30N2O2S/c1-3-22-45-40(16-1)42-20-8-18-38(50(42)55-45)36-24-25-46-44(29-36)49-51(56-46)48(53-30-54-49)37-15-7-13-34(28-37)32-11-5-10-31(26-32)33-12-6-14-35(27-33)39-19-9-21-43-41-17-2-4-23-47(41)57-52(39)43/h1-30H. The summed E-state index contributed by atoms with van der Waals surface area (Å²) in [5, 5.41) is 5.78. The molecule has 0 amide bonds. The van der Waals surface area contributed by atoms with Crippen molar-refractivity contribution in [2.45, 2.75) is 0 Å². The summed E-state index contributed by atoms with van der Waals surface area (Å²) in [6.07, 6.45) is 1.64. The Morgan fingerprint density at radius 3 is 1.77 bits per heavy atom. The lowest BCUT2D eigenvalue weighted by molar-refractivity contribution is 0.666. The highest BCUT2D eigenvalue weighted by atomic mass is 32.1. The molecule has 0 aliphatic heterocycles. The highest BCUT2D eigenvalue weighted by molar-refractivity contribution is 7.26. The molecule has 0 aliphatic rings. The average molecular weight is 747 g/mol. The zero-order chi connectivity index (χ0) is 37.5. The average Bonchev–Trinajstić information content (AvgIpc) is 3.98. The van der Waals surface area contributed by atoms with Crippen LogP contribution in [-0.4, -0.2) is 9.97 Å². The van der Waals surface area contributed by atoms with E-state index in [-0.39, 0.29) is 0 Å².